The van der Waals surface area contributed by atoms with Gasteiger partial charge in [-0.25, -0.2) is 9.97 Å². The standard InChI is InChI=1S/C16H17N5/c1-11-4-5-13-12(9-11)3-2-7-21(13)16-15-18-6-8-20(15)10-14(17)19-16/h4-6,8-10H,2-3,7,17H2,1H3. The van der Waals surface area contributed by atoms with Crippen molar-refractivity contribution in [3.63, 3.8) is 0 Å². The van der Waals surface area contributed by atoms with Gasteiger partial charge >= 0.3 is 0 Å². The van der Waals surface area contributed by atoms with E-state index < -0.39 is 0 Å². The summed E-state index contributed by atoms with van der Waals surface area (Å²) in [6, 6.07) is 6.58. The Bertz CT molecular complexity index is 821. The first-order valence-electron chi connectivity index (χ1n) is 7.18. The van der Waals surface area contributed by atoms with Gasteiger partial charge in [-0.2, -0.15) is 0 Å². The molecule has 106 valence electrons. The van der Waals surface area contributed by atoms with Crippen LogP contribution in [0, 0.1) is 6.92 Å². The zero-order valence-corrected chi connectivity index (χ0v) is 12.0. The van der Waals surface area contributed by atoms with E-state index in [1.54, 1.807) is 12.4 Å². The number of anilines is 3. The first-order chi connectivity index (χ1) is 10.2. The number of nitrogens with zero attached hydrogens (tertiary/aromatic N) is 4. The molecule has 0 saturated carbocycles. The van der Waals surface area contributed by atoms with Crippen molar-refractivity contribution in [3.05, 3.63) is 47.9 Å². The first-order valence-corrected chi connectivity index (χ1v) is 7.18. The highest BCUT2D eigenvalue weighted by Gasteiger charge is 2.22. The Morgan fingerprint density at radius 2 is 2.19 bits per heavy atom. The van der Waals surface area contributed by atoms with Gasteiger partial charge < -0.3 is 15.0 Å². The third-order valence-corrected chi connectivity index (χ3v) is 3.98. The Morgan fingerprint density at radius 1 is 1.29 bits per heavy atom. The molecule has 4 rings (SSSR count). The third-order valence-electron chi connectivity index (χ3n) is 3.98. The first kappa shape index (κ1) is 12.2. The van der Waals surface area contributed by atoms with E-state index in [-0.39, 0.29) is 0 Å². The van der Waals surface area contributed by atoms with Gasteiger partial charge in [0.1, 0.15) is 5.82 Å². The molecule has 0 radical (unpaired) electrons. The zero-order valence-electron chi connectivity index (χ0n) is 12.0. The molecule has 0 spiro atoms. The predicted octanol–water partition coefficient (Wildman–Crippen LogP) is 2.70. The molecule has 3 heterocycles. The zero-order chi connectivity index (χ0) is 14.4. The predicted molar refractivity (Wildman–Crippen MR) is 83.9 cm³/mol. The summed E-state index contributed by atoms with van der Waals surface area (Å²) in [4.78, 5) is 11.2. The van der Waals surface area contributed by atoms with Crippen LogP contribution in [0.1, 0.15) is 17.5 Å². The number of rotatable bonds is 1. The number of benzene rings is 1. The van der Waals surface area contributed by atoms with E-state index in [9.17, 15) is 0 Å². The SMILES string of the molecule is Cc1ccc2c(c1)CCCN2c1nc(N)cn2ccnc12. The fourth-order valence-electron chi connectivity index (χ4n) is 3.06. The molecule has 0 unspecified atom stereocenters. The molecule has 5 nitrogen and oxygen atoms in total. The van der Waals surface area contributed by atoms with Crippen LogP contribution in [0.5, 0.6) is 0 Å². The van der Waals surface area contributed by atoms with Crippen LogP contribution in [0.25, 0.3) is 5.65 Å². The summed E-state index contributed by atoms with van der Waals surface area (Å²) in [5, 5.41) is 0. The van der Waals surface area contributed by atoms with Crippen molar-refractivity contribution >= 4 is 23.0 Å². The molecule has 2 aromatic heterocycles. The quantitative estimate of drug-likeness (QED) is 0.744. The van der Waals surface area contributed by atoms with E-state index in [4.69, 9.17) is 5.73 Å². The van der Waals surface area contributed by atoms with Gasteiger partial charge in [-0.1, -0.05) is 17.7 Å². The highest BCUT2D eigenvalue weighted by atomic mass is 15.2. The number of imidazole rings is 1. The summed E-state index contributed by atoms with van der Waals surface area (Å²) in [5.41, 5.74) is 10.7. The molecule has 0 saturated heterocycles. The molecule has 0 bridgehead atoms. The number of aryl methyl sites for hydroxylation is 2. The summed E-state index contributed by atoms with van der Waals surface area (Å²) in [6.45, 7) is 3.07. The molecular weight excluding hydrogens is 262 g/mol. The lowest BCUT2D eigenvalue weighted by Gasteiger charge is -2.30. The second-order valence-corrected chi connectivity index (χ2v) is 5.53. The lowest BCUT2D eigenvalue weighted by Crippen LogP contribution is -2.26. The van der Waals surface area contributed by atoms with Crippen molar-refractivity contribution in [2.24, 2.45) is 0 Å². The summed E-state index contributed by atoms with van der Waals surface area (Å²) in [5.74, 6) is 1.35. The van der Waals surface area contributed by atoms with E-state index in [0.29, 0.717) is 5.82 Å². The number of hydrogen-bond donors (Lipinski definition) is 1. The smallest absolute Gasteiger partial charge is 0.180 e. The number of fused-ring (bicyclic) bond motifs is 2. The lowest BCUT2D eigenvalue weighted by molar-refractivity contribution is 0.759. The molecule has 1 aromatic carbocycles. The minimum Gasteiger partial charge on any atom is -0.382 e. The van der Waals surface area contributed by atoms with Gasteiger partial charge in [0.05, 0.1) is 6.20 Å². The third kappa shape index (κ3) is 1.93. The second kappa shape index (κ2) is 4.48. The topological polar surface area (TPSA) is 59.5 Å². The minimum atomic E-state index is 0.509. The van der Waals surface area contributed by atoms with Crippen molar-refractivity contribution in [2.75, 3.05) is 17.2 Å². The van der Waals surface area contributed by atoms with E-state index in [0.717, 1.165) is 30.9 Å². The minimum absolute atomic E-state index is 0.509. The number of aromatic nitrogens is 3. The van der Waals surface area contributed by atoms with E-state index in [1.165, 1.54) is 16.8 Å². The van der Waals surface area contributed by atoms with Gasteiger partial charge in [0, 0.05) is 24.6 Å². The van der Waals surface area contributed by atoms with Crippen molar-refractivity contribution in [1.29, 1.82) is 0 Å². The average Bonchev–Trinajstić information content (AvgIpc) is 2.93. The molecule has 5 heteroatoms. The van der Waals surface area contributed by atoms with Gasteiger partial charge in [0.15, 0.2) is 11.5 Å². The molecule has 0 atom stereocenters. The van der Waals surface area contributed by atoms with Gasteiger partial charge in [0.2, 0.25) is 0 Å². The Balaban J connectivity index is 1.92. The molecule has 1 aliphatic heterocycles. The van der Waals surface area contributed by atoms with Gasteiger partial charge in [-0.3, -0.25) is 0 Å². The maximum atomic E-state index is 5.95. The van der Waals surface area contributed by atoms with Crippen molar-refractivity contribution in [1.82, 2.24) is 14.4 Å². The van der Waals surface area contributed by atoms with Crippen molar-refractivity contribution < 1.29 is 0 Å². The highest BCUT2D eigenvalue weighted by Crippen LogP contribution is 2.34. The summed E-state index contributed by atoms with van der Waals surface area (Å²) < 4.78 is 1.93. The fourth-order valence-corrected chi connectivity index (χ4v) is 3.06. The maximum Gasteiger partial charge on any atom is 0.180 e. The molecule has 0 aliphatic carbocycles. The van der Waals surface area contributed by atoms with Crippen molar-refractivity contribution in [3.8, 4) is 0 Å². The normalized spacial score (nSPS) is 14.4. The Labute approximate surface area is 123 Å². The van der Waals surface area contributed by atoms with Gasteiger partial charge in [-0.15, -0.1) is 0 Å². The molecule has 2 N–H and O–H groups in total. The Morgan fingerprint density at radius 3 is 3.10 bits per heavy atom. The van der Waals surface area contributed by atoms with Crippen LogP contribution < -0.4 is 10.6 Å². The van der Waals surface area contributed by atoms with Crippen LogP contribution in [0.15, 0.2) is 36.8 Å². The molecular formula is C16H17N5. The monoisotopic (exact) mass is 279 g/mol. The molecule has 21 heavy (non-hydrogen) atoms. The fraction of sp³-hybridized carbons (Fsp3) is 0.250. The lowest BCUT2D eigenvalue weighted by atomic mass is 9.99. The van der Waals surface area contributed by atoms with E-state index >= 15 is 0 Å². The molecule has 0 amide bonds. The van der Waals surface area contributed by atoms with Crippen molar-refractivity contribution in [2.45, 2.75) is 19.8 Å². The summed E-state index contributed by atoms with van der Waals surface area (Å²) >= 11 is 0. The van der Waals surface area contributed by atoms with Gasteiger partial charge in [0.25, 0.3) is 0 Å². The van der Waals surface area contributed by atoms with Crippen LogP contribution in [0.3, 0.4) is 0 Å². The largest absolute Gasteiger partial charge is 0.382 e. The number of nitrogen functional groups attached to an aromatic ring is 1. The summed E-state index contributed by atoms with van der Waals surface area (Å²) in [6.07, 6.45) is 7.70. The van der Waals surface area contributed by atoms with Gasteiger partial charge in [-0.05, 0) is 31.4 Å². The van der Waals surface area contributed by atoms with Crippen LogP contribution in [-0.4, -0.2) is 20.9 Å². The van der Waals surface area contributed by atoms with E-state index in [1.807, 2.05) is 10.6 Å². The Hall–Kier alpha value is -2.56. The van der Waals surface area contributed by atoms with Crippen LogP contribution in [0.2, 0.25) is 0 Å². The van der Waals surface area contributed by atoms with Crippen LogP contribution in [-0.2, 0) is 6.42 Å². The number of nitrogens with two attached hydrogens (primary N) is 1. The Kier molecular flexibility index (Phi) is 2.60. The average molecular weight is 279 g/mol. The second-order valence-electron chi connectivity index (χ2n) is 5.53. The molecule has 1 aliphatic rings. The maximum absolute atomic E-state index is 5.95. The van der Waals surface area contributed by atoms with Crippen LogP contribution >= 0.6 is 0 Å². The van der Waals surface area contributed by atoms with Crippen LogP contribution in [0.4, 0.5) is 17.3 Å². The highest BCUT2D eigenvalue weighted by molar-refractivity contribution is 5.76. The molecule has 3 aromatic rings. The summed E-state index contributed by atoms with van der Waals surface area (Å²) in [7, 11) is 0. The van der Waals surface area contributed by atoms with E-state index in [2.05, 4.69) is 40.0 Å². The molecule has 0 fully saturated rings. The number of hydrogen-bond acceptors (Lipinski definition) is 4.